The van der Waals surface area contributed by atoms with Crippen LogP contribution in [0.25, 0.3) is 0 Å². The van der Waals surface area contributed by atoms with Gasteiger partial charge in [0.2, 0.25) is 5.95 Å². The number of nitrogens with zero attached hydrogens (tertiary/aromatic N) is 3. The molecular formula is C6H2FN3O2. The Kier molecular flexibility index (Phi) is 1.96. The summed E-state index contributed by atoms with van der Waals surface area (Å²) in [5, 5.41) is 18.5. The van der Waals surface area contributed by atoms with Crippen molar-refractivity contribution in [2.75, 3.05) is 0 Å². The number of nitro groups is 1. The fourth-order valence-corrected chi connectivity index (χ4v) is 0.682. The summed E-state index contributed by atoms with van der Waals surface area (Å²) in [7, 11) is 0. The zero-order chi connectivity index (χ0) is 9.14. The Morgan fingerprint density at radius 1 is 1.75 bits per heavy atom. The number of hydrogen-bond acceptors (Lipinski definition) is 4. The van der Waals surface area contributed by atoms with Gasteiger partial charge >= 0.3 is 0 Å². The molecule has 1 heterocycles. The van der Waals surface area contributed by atoms with E-state index in [1.807, 2.05) is 0 Å². The van der Waals surface area contributed by atoms with E-state index < -0.39 is 22.1 Å². The maximum atomic E-state index is 12.6. The van der Waals surface area contributed by atoms with E-state index in [4.69, 9.17) is 5.26 Å². The summed E-state index contributed by atoms with van der Waals surface area (Å²) in [4.78, 5) is 12.5. The molecule has 12 heavy (non-hydrogen) atoms. The van der Waals surface area contributed by atoms with Crippen molar-refractivity contribution in [2.24, 2.45) is 0 Å². The first-order chi connectivity index (χ1) is 5.66. The van der Waals surface area contributed by atoms with Crippen LogP contribution in [0, 0.1) is 27.4 Å². The molecule has 1 aromatic rings. The van der Waals surface area contributed by atoms with Crippen molar-refractivity contribution < 1.29 is 9.31 Å². The average Bonchev–Trinajstić information content (AvgIpc) is 2.03. The lowest BCUT2D eigenvalue weighted by molar-refractivity contribution is -0.385. The maximum absolute atomic E-state index is 12.6. The van der Waals surface area contributed by atoms with Crippen molar-refractivity contribution in [1.29, 1.82) is 5.26 Å². The van der Waals surface area contributed by atoms with Crippen molar-refractivity contribution in [1.82, 2.24) is 4.98 Å². The third-order valence-corrected chi connectivity index (χ3v) is 1.19. The molecule has 0 spiro atoms. The van der Waals surface area contributed by atoms with Crippen LogP contribution in [0.4, 0.5) is 10.1 Å². The first-order valence-electron chi connectivity index (χ1n) is 2.86. The molecular weight excluding hydrogens is 165 g/mol. The van der Waals surface area contributed by atoms with Gasteiger partial charge in [-0.2, -0.15) is 9.65 Å². The van der Waals surface area contributed by atoms with Crippen molar-refractivity contribution in [3.8, 4) is 6.07 Å². The molecule has 0 fully saturated rings. The number of aromatic nitrogens is 1. The number of rotatable bonds is 1. The topological polar surface area (TPSA) is 79.8 Å². The maximum Gasteiger partial charge on any atom is 0.293 e. The van der Waals surface area contributed by atoms with Crippen LogP contribution in [0.1, 0.15) is 5.56 Å². The van der Waals surface area contributed by atoms with E-state index in [1.54, 1.807) is 0 Å². The second-order valence-corrected chi connectivity index (χ2v) is 1.86. The largest absolute Gasteiger partial charge is 0.293 e. The fraction of sp³-hybridized carbons (Fsp3) is 0. The van der Waals surface area contributed by atoms with Gasteiger partial charge in [-0.25, -0.2) is 4.98 Å². The molecule has 1 aromatic heterocycles. The van der Waals surface area contributed by atoms with Crippen molar-refractivity contribution in [2.45, 2.75) is 0 Å². The van der Waals surface area contributed by atoms with Gasteiger partial charge in [0.15, 0.2) is 5.56 Å². The predicted octanol–water partition coefficient (Wildman–Crippen LogP) is 1.00. The Morgan fingerprint density at radius 3 is 2.83 bits per heavy atom. The lowest BCUT2D eigenvalue weighted by Gasteiger charge is -1.92. The van der Waals surface area contributed by atoms with E-state index in [2.05, 4.69) is 4.98 Å². The monoisotopic (exact) mass is 167 g/mol. The zero-order valence-corrected chi connectivity index (χ0v) is 5.69. The first kappa shape index (κ1) is 8.07. The lowest BCUT2D eigenvalue weighted by Crippen LogP contribution is -1.96. The van der Waals surface area contributed by atoms with Gasteiger partial charge in [-0.3, -0.25) is 10.1 Å². The molecule has 0 bridgehead atoms. The molecule has 1 rings (SSSR count). The normalized spacial score (nSPS) is 9.00. The van der Waals surface area contributed by atoms with Crippen LogP contribution in [-0.2, 0) is 0 Å². The predicted molar refractivity (Wildman–Crippen MR) is 35.6 cm³/mol. The highest BCUT2D eigenvalue weighted by molar-refractivity contribution is 5.46. The third kappa shape index (κ3) is 1.20. The Hall–Kier alpha value is -2.03. The summed E-state index contributed by atoms with van der Waals surface area (Å²) in [5.74, 6) is -1.12. The number of pyridine rings is 1. The van der Waals surface area contributed by atoms with E-state index >= 15 is 0 Å². The van der Waals surface area contributed by atoms with Gasteiger partial charge in [-0.05, 0) is 0 Å². The third-order valence-electron chi connectivity index (χ3n) is 1.19. The van der Waals surface area contributed by atoms with Crippen LogP contribution >= 0.6 is 0 Å². The summed E-state index contributed by atoms with van der Waals surface area (Å²) in [5.41, 5.74) is -1.20. The molecule has 0 atom stereocenters. The second-order valence-electron chi connectivity index (χ2n) is 1.86. The van der Waals surface area contributed by atoms with E-state index in [9.17, 15) is 14.5 Å². The van der Waals surface area contributed by atoms with Gasteiger partial charge in [-0.1, -0.05) is 0 Å². The molecule has 0 aromatic carbocycles. The van der Waals surface area contributed by atoms with Gasteiger partial charge in [0.25, 0.3) is 5.69 Å². The fourth-order valence-electron chi connectivity index (χ4n) is 0.682. The molecule has 0 radical (unpaired) electrons. The Bertz CT molecular complexity index is 372. The number of halogens is 1. The molecule has 60 valence electrons. The van der Waals surface area contributed by atoms with Gasteiger partial charge < -0.3 is 0 Å². The zero-order valence-electron chi connectivity index (χ0n) is 5.69. The lowest BCUT2D eigenvalue weighted by atomic mass is 10.2. The van der Waals surface area contributed by atoms with E-state index in [0.717, 1.165) is 12.3 Å². The van der Waals surface area contributed by atoms with Crippen molar-refractivity contribution in [3.05, 3.63) is 33.9 Å². The van der Waals surface area contributed by atoms with Crippen molar-refractivity contribution in [3.63, 3.8) is 0 Å². The molecule has 0 N–H and O–H groups in total. The van der Waals surface area contributed by atoms with Crippen LogP contribution in [0.3, 0.4) is 0 Å². The summed E-state index contributed by atoms with van der Waals surface area (Å²) in [6, 6.07) is 2.34. The molecule has 0 unspecified atom stereocenters. The SMILES string of the molecule is N#Cc1c([N+](=O)[O-])ccnc1F. The van der Waals surface area contributed by atoms with Gasteiger partial charge in [-0.15, -0.1) is 0 Å². The minimum absolute atomic E-state index is 0.565. The second kappa shape index (κ2) is 2.92. The molecule has 0 saturated heterocycles. The van der Waals surface area contributed by atoms with Crippen LogP contribution in [0.2, 0.25) is 0 Å². The van der Waals surface area contributed by atoms with E-state index in [-0.39, 0.29) is 0 Å². The van der Waals surface area contributed by atoms with Crippen LogP contribution < -0.4 is 0 Å². The first-order valence-corrected chi connectivity index (χ1v) is 2.86. The van der Waals surface area contributed by atoms with Crippen molar-refractivity contribution >= 4 is 5.69 Å². The molecule has 0 amide bonds. The molecule has 5 nitrogen and oxygen atoms in total. The minimum Gasteiger partial charge on any atom is -0.258 e. The summed E-state index contributed by atoms with van der Waals surface area (Å²) in [6.45, 7) is 0. The number of nitriles is 1. The molecule has 0 saturated carbocycles. The Labute approximate surface area is 66.2 Å². The van der Waals surface area contributed by atoms with Gasteiger partial charge in [0.1, 0.15) is 6.07 Å². The molecule has 0 aliphatic heterocycles. The summed E-state index contributed by atoms with van der Waals surface area (Å²) in [6.07, 6.45) is 0.939. The van der Waals surface area contributed by atoms with E-state index in [1.165, 1.54) is 6.07 Å². The van der Waals surface area contributed by atoms with Crippen LogP contribution in [0.5, 0.6) is 0 Å². The number of hydrogen-bond donors (Lipinski definition) is 0. The van der Waals surface area contributed by atoms with Gasteiger partial charge in [0.05, 0.1) is 4.92 Å². The highest BCUT2D eigenvalue weighted by atomic mass is 19.1. The summed E-state index contributed by atoms with van der Waals surface area (Å²) < 4.78 is 12.6. The molecule has 0 aliphatic rings. The van der Waals surface area contributed by atoms with E-state index in [0.29, 0.717) is 0 Å². The summed E-state index contributed by atoms with van der Waals surface area (Å²) >= 11 is 0. The highest BCUT2D eigenvalue weighted by Crippen LogP contribution is 2.17. The quantitative estimate of drug-likeness (QED) is 0.355. The highest BCUT2D eigenvalue weighted by Gasteiger charge is 2.17. The van der Waals surface area contributed by atoms with Crippen LogP contribution in [0.15, 0.2) is 12.3 Å². The average molecular weight is 167 g/mol. The smallest absolute Gasteiger partial charge is 0.258 e. The molecule has 0 aliphatic carbocycles. The van der Waals surface area contributed by atoms with Gasteiger partial charge in [0, 0.05) is 12.3 Å². The minimum atomic E-state index is -1.12. The molecule has 6 heteroatoms. The Balaban J connectivity index is 3.40. The van der Waals surface area contributed by atoms with Crippen LogP contribution in [-0.4, -0.2) is 9.91 Å². The Morgan fingerprint density at radius 2 is 2.42 bits per heavy atom. The standard InChI is InChI=1S/C6H2FN3O2/c7-6-4(3-8)5(10(11)12)1-2-9-6/h1-2H.